The van der Waals surface area contributed by atoms with E-state index < -0.39 is 5.46 Å². The van der Waals surface area contributed by atoms with Gasteiger partial charge in [-0.25, -0.2) is 0 Å². The Hall–Kier alpha value is 0.150. The zero-order valence-corrected chi connectivity index (χ0v) is 8.62. The maximum atomic E-state index is 7.51. The lowest BCUT2D eigenvalue weighted by molar-refractivity contribution is 1.39. The van der Waals surface area contributed by atoms with Crippen molar-refractivity contribution in [1.82, 2.24) is 0 Å². The highest BCUT2D eigenvalue weighted by Gasteiger charge is 2.04. The third-order valence-corrected chi connectivity index (χ3v) is 2.90. The molecule has 0 aliphatic carbocycles. The smallest absolute Gasteiger partial charge is 0.0691 e. The van der Waals surface area contributed by atoms with Gasteiger partial charge in [0.15, 0.2) is 0 Å². The van der Waals surface area contributed by atoms with E-state index in [0.29, 0.717) is 6.16 Å². The number of thiol groups is 2. The molecule has 0 amide bonds. The summed E-state index contributed by atoms with van der Waals surface area (Å²) in [5.74, 6) is 0. The lowest BCUT2D eigenvalue weighted by Gasteiger charge is -2.06. The standard InChI is InChI=1S/C7H10NPS2/c8-9(10,11)6-7-4-2-1-3-5-7/h1-5H,6H2,(H3,8,10,11). The van der Waals surface area contributed by atoms with E-state index in [1.165, 1.54) is 0 Å². The molecule has 0 saturated heterocycles. The van der Waals surface area contributed by atoms with Gasteiger partial charge in [0, 0.05) is 6.16 Å². The monoisotopic (exact) mass is 203 g/mol. The van der Waals surface area contributed by atoms with E-state index in [-0.39, 0.29) is 0 Å². The van der Waals surface area contributed by atoms with Crippen molar-refractivity contribution in [3.8, 4) is 0 Å². The van der Waals surface area contributed by atoms with Gasteiger partial charge in [-0.1, -0.05) is 30.3 Å². The molecule has 1 aromatic carbocycles. The summed E-state index contributed by atoms with van der Waals surface area (Å²) in [6.07, 6.45) is 0.667. The highest BCUT2D eigenvalue weighted by molar-refractivity contribution is 8.80. The molecule has 1 N–H and O–H groups in total. The van der Waals surface area contributed by atoms with Crippen LogP contribution in [0.3, 0.4) is 0 Å². The molecule has 1 aromatic rings. The van der Waals surface area contributed by atoms with E-state index in [2.05, 4.69) is 24.5 Å². The molecule has 0 atom stereocenters. The van der Waals surface area contributed by atoms with Crippen molar-refractivity contribution in [3.05, 3.63) is 35.9 Å². The summed E-state index contributed by atoms with van der Waals surface area (Å²) in [5.41, 5.74) is -0.859. The molecule has 4 heteroatoms. The molecule has 0 saturated carbocycles. The molecule has 60 valence electrons. The summed E-state index contributed by atoms with van der Waals surface area (Å²) in [7, 11) is 0. The van der Waals surface area contributed by atoms with Crippen LogP contribution in [0.1, 0.15) is 5.56 Å². The van der Waals surface area contributed by atoms with Crippen molar-refractivity contribution in [2.75, 3.05) is 0 Å². The summed E-state index contributed by atoms with van der Waals surface area (Å²) in [6, 6.07) is 9.88. The zero-order chi connectivity index (χ0) is 8.32. The molecule has 0 aliphatic rings. The van der Waals surface area contributed by atoms with Crippen LogP contribution in [-0.2, 0) is 6.16 Å². The third kappa shape index (κ3) is 3.90. The minimum absolute atomic E-state index is 0.667. The van der Waals surface area contributed by atoms with Crippen LogP contribution in [0, 0.1) is 5.16 Å². The van der Waals surface area contributed by atoms with Crippen LogP contribution in [-0.4, -0.2) is 0 Å². The normalized spacial score (nSPS) is 11.5. The quantitative estimate of drug-likeness (QED) is 0.482. The average molecular weight is 203 g/mol. The first-order chi connectivity index (χ1) is 5.08. The highest BCUT2D eigenvalue weighted by Crippen LogP contribution is 2.58. The second-order valence-corrected chi connectivity index (χ2v) is 9.19. The van der Waals surface area contributed by atoms with Gasteiger partial charge in [-0.15, -0.1) is 24.5 Å². The van der Waals surface area contributed by atoms with Crippen LogP contribution in [0.2, 0.25) is 0 Å². The van der Waals surface area contributed by atoms with Crippen LogP contribution in [0.25, 0.3) is 0 Å². The number of hydrogen-bond donors (Lipinski definition) is 3. The molecule has 0 unspecified atom stereocenters. The highest BCUT2D eigenvalue weighted by atomic mass is 33.1. The first kappa shape index (κ1) is 9.24. The molecule has 0 spiro atoms. The van der Waals surface area contributed by atoms with E-state index in [1.54, 1.807) is 0 Å². The van der Waals surface area contributed by atoms with Gasteiger partial charge in [0.25, 0.3) is 0 Å². The van der Waals surface area contributed by atoms with Gasteiger partial charge in [-0.2, -0.15) is 0 Å². The predicted octanol–water partition coefficient (Wildman–Crippen LogP) is 3.66. The van der Waals surface area contributed by atoms with Crippen molar-refractivity contribution in [2.24, 2.45) is 0 Å². The maximum Gasteiger partial charge on any atom is 0.0691 e. The molecule has 0 radical (unpaired) electrons. The molecule has 0 fully saturated rings. The molecular weight excluding hydrogens is 193 g/mol. The van der Waals surface area contributed by atoms with Gasteiger partial charge >= 0.3 is 0 Å². The summed E-state index contributed by atoms with van der Waals surface area (Å²) in [6.45, 7) is 0. The van der Waals surface area contributed by atoms with Crippen LogP contribution in [0.15, 0.2) is 30.3 Å². The Kier molecular flexibility index (Phi) is 3.11. The van der Waals surface area contributed by atoms with E-state index in [1.807, 2.05) is 30.3 Å². The third-order valence-electron chi connectivity index (χ3n) is 1.25. The molecule has 0 bridgehead atoms. The summed E-state index contributed by atoms with van der Waals surface area (Å²) in [5, 5.41) is 7.51. The summed E-state index contributed by atoms with van der Waals surface area (Å²) in [4.78, 5) is 0. The van der Waals surface area contributed by atoms with Crippen LogP contribution in [0.4, 0.5) is 0 Å². The minimum atomic E-state index is -2.00. The fourth-order valence-electron chi connectivity index (χ4n) is 0.838. The maximum absolute atomic E-state index is 7.51. The van der Waals surface area contributed by atoms with Gasteiger partial charge in [0.2, 0.25) is 0 Å². The zero-order valence-electron chi connectivity index (χ0n) is 5.94. The first-order valence-corrected chi connectivity index (χ1v) is 7.48. The lowest BCUT2D eigenvalue weighted by atomic mass is 10.2. The molecule has 0 aliphatic heterocycles. The molecule has 0 aromatic heterocycles. The Morgan fingerprint density at radius 1 is 1.18 bits per heavy atom. The second kappa shape index (κ2) is 3.70. The van der Waals surface area contributed by atoms with Gasteiger partial charge < -0.3 is 0 Å². The Bertz CT molecular complexity index is 267. The van der Waals surface area contributed by atoms with Crippen LogP contribution in [0.5, 0.6) is 0 Å². The fourth-order valence-corrected chi connectivity index (χ4v) is 2.54. The number of nitrogens with one attached hydrogen (secondary N) is 1. The minimum Gasteiger partial charge on any atom is -0.298 e. The lowest BCUT2D eigenvalue weighted by Crippen LogP contribution is -1.77. The van der Waals surface area contributed by atoms with Gasteiger partial charge in [0.05, 0.1) is 5.46 Å². The summed E-state index contributed by atoms with van der Waals surface area (Å²) >= 11 is 8.22. The Morgan fingerprint density at radius 3 is 2.18 bits per heavy atom. The van der Waals surface area contributed by atoms with Crippen LogP contribution >= 0.6 is 30.0 Å². The molecule has 0 heterocycles. The van der Waals surface area contributed by atoms with Gasteiger partial charge in [-0.3, -0.25) is 5.16 Å². The Labute approximate surface area is 77.4 Å². The topological polar surface area (TPSA) is 23.9 Å². The first-order valence-electron chi connectivity index (χ1n) is 3.20. The molecule has 11 heavy (non-hydrogen) atoms. The molecule has 1 nitrogen and oxygen atoms in total. The molecule has 1 rings (SSSR count). The Balaban J connectivity index is 2.74. The Morgan fingerprint density at radius 2 is 1.73 bits per heavy atom. The van der Waals surface area contributed by atoms with Crippen molar-refractivity contribution in [3.63, 3.8) is 0 Å². The van der Waals surface area contributed by atoms with Gasteiger partial charge in [-0.05, 0) is 5.56 Å². The van der Waals surface area contributed by atoms with E-state index in [0.717, 1.165) is 5.56 Å². The largest absolute Gasteiger partial charge is 0.298 e. The summed E-state index contributed by atoms with van der Waals surface area (Å²) < 4.78 is 0. The number of hydrogen-bond acceptors (Lipinski definition) is 1. The van der Waals surface area contributed by atoms with Crippen molar-refractivity contribution < 1.29 is 0 Å². The molecular formula is C7H10NPS2. The number of benzene rings is 1. The predicted molar refractivity (Wildman–Crippen MR) is 57.8 cm³/mol. The van der Waals surface area contributed by atoms with Crippen molar-refractivity contribution >= 4 is 30.0 Å². The average Bonchev–Trinajstić information content (AvgIpc) is 1.85. The SMILES string of the molecule is N=P(S)(S)Cc1ccccc1. The van der Waals surface area contributed by atoms with E-state index in [4.69, 9.17) is 5.16 Å². The van der Waals surface area contributed by atoms with E-state index in [9.17, 15) is 0 Å². The van der Waals surface area contributed by atoms with Crippen molar-refractivity contribution in [1.29, 1.82) is 5.16 Å². The second-order valence-electron chi connectivity index (χ2n) is 2.37. The fraction of sp³-hybridized carbons (Fsp3) is 0.143. The van der Waals surface area contributed by atoms with Crippen molar-refractivity contribution in [2.45, 2.75) is 6.16 Å². The van der Waals surface area contributed by atoms with Gasteiger partial charge in [0.1, 0.15) is 0 Å². The number of rotatable bonds is 2. The van der Waals surface area contributed by atoms with E-state index >= 15 is 0 Å². The van der Waals surface area contributed by atoms with Crippen LogP contribution < -0.4 is 0 Å².